The Morgan fingerprint density at radius 2 is 1.91 bits per heavy atom. The summed E-state index contributed by atoms with van der Waals surface area (Å²) in [7, 11) is 0. The Labute approximate surface area is 208 Å². The molecule has 1 aliphatic rings. The molecular formula is C28H26N2O4S. The maximum Gasteiger partial charge on any atom is 0.286 e. The number of thioether (sulfide) groups is 1. The Morgan fingerprint density at radius 3 is 2.69 bits per heavy atom. The summed E-state index contributed by atoms with van der Waals surface area (Å²) >= 11 is 1.13. The Hall–Kier alpha value is -3.84. The predicted molar refractivity (Wildman–Crippen MR) is 142 cm³/mol. The van der Waals surface area contributed by atoms with Crippen molar-refractivity contribution in [1.82, 2.24) is 5.32 Å². The molecule has 0 unspecified atom stereocenters. The van der Waals surface area contributed by atoms with Gasteiger partial charge in [-0.3, -0.25) is 9.59 Å². The number of allylic oxidation sites excluding steroid dienone is 1. The zero-order chi connectivity index (χ0) is 24.8. The number of hydrogen-bond acceptors (Lipinski definition) is 5. The van der Waals surface area contributed by atoms with Crippen molar-refractivity contribution in [2.45, 2.75) is 26.9 Å². The summed E-state index contributed by atoms with van der Waals surface area (Å²) in [5.74, 6) is 0.586. The van der Waals surface area contributed by atoms with Crippen molar-refractivity contribution in [2.75, 3.05) is 6.61 Å². The van der Waals surface area contributed by atoms with E-state index in [0.29, 0.717) is 36.0 Å². The fourth-order valence-corrected chi connectivity index (χ4v) is 4.69. The molecule has 0 spiro atoms. The van der Waals surface area contributed by atoms with Gasteiger partial charge in [-0.25, -0.2) is 0 Å². The first-order valence-corrected chi connectivity index (χ1v) is 12.1. The molecule has 1 aliphatic heterocycles. The number of nitrogens with zero attached hydrogens (tertiary/aromatic N) is 1. The van der Waals surface area contributed by atoms with Crippen molar-refractivity contribution in [3.63, 3.8) is 0 Å². The highest BCUT2D eigenvalue weighted by Gasteiger charge is 2.23. The van der Waals surface area contributed by atoms with Gasteiger partial charge in [0.2, 0.25) is 5.91 Å². The van der Waals surface area contributed by atoms with Crippen molar-refractivity contribution in [3.05, 3.63) is 88.8 Å². The molecule has 0 saturated heterocycles. The van der Waals surface area contributed by atoms with Crippen molar-refractivity contribution < 1.29 is 19.1 Å². The van der Waals surface area contributed by atoms with Crippen LogP contribution in [0.3, 0.4) is 0 Å². The van der Waals surface area contributed by atoms with Crippen LogP contribution in [-0.4, -0.2) is 23.6 Å². The molecule has 7 heteroatoms. The summed E-state index contributed by atoms with van der Waals surface area (Å²) in [6.45, 7) is 8.02. The lowest BCUT2D eigenvalue weighted by Crippen LogP contribution is -2.23. The molecule has 35 heavy (non-hydrogen) atoms. The molecule has 4 rings (SSSR count). The van der Waals surface area contributed by atoms with Gasteiger partial charge in [-0.1, -0.05) is 48.5 Å². The summed E-state index contributed by atoms with van der Waals surface area (Å²) in [6.07, 6.45) is 4.12. The first-order chi connectivity index (χ1) is 17.0. The van der Waals surface area contributed by atoms with E-state index in [4.69, 9.17) is 9.47 Å². The first kappa shape index (κ1) is 24.3. The molecule has 0 saturated carbocycles. The van der Waals surface area contributed by atoms with Gasteiger partial charge in [0.25, 0.3) is 5.91 Å². The molecule has 1 N–H and O–H groups in total. The molecule has 0 aromatic heterocycles. The lowest BCUT2D eigenvalue weighted by molar-refractivity contribution is -0.117. The zero-order valence-electron chi connectivity index (χ0n) is 19.7. The number of nitrogens with one attached hydrogen (secondary N) is 1. The number of carbonyl (C=O) groups excluding carboxylic acids is 2. The average molecular weight is 487 g/mol. The summed E-state index contributed by atoms with van der Waals surface area (Å²) in [5.41, 5.74) is 2.76. The Kier molecular flexibility index (Phi) is 7.67. The SMILES string of the molecule is C=CCc1cc(/C=C2/SC(NC(C)=O)=NC2=O)cc(OCC)c1OCc1cccc2ccccc12. The van der Waals surface area contributed by atoms with Crippen LogP contribution in [0.25, 0.3) is 16.8 Å². The number of benzene rings is 3. The molecule has 0 atom stereocenters. The van der Waals surface area contributed by atoms with Gasteiger partial charge in [0.05, 0.1) is 11.5 Å². The Balaban J connectivity index is 1.65. The van der Waals surface area contributed by atoms with Gasteiger partial charge < -0.3 is 14.8 Å². The molecule has 3 aromatic carbocycles. The third kappa shape index (κ3) is 5.81. The van der Waals surface area contributed by atoms with E-state index in [1.54, 1.807) is 12.2 Å². The van der Waals surface area contributed by atoms with Gasteiger partial charge in [0, 0.05) is 12.5 Å². The van der Waals surface area contributed by atoms with Gasteiger partial charge in [0.1, 0.15) is 6.61 Å². The summed E-state index contributed by atoms with van der Waals surface area (Å²) < 4.78 is 12.3. The maximum absolute atomic E-state index is 12.3. The van der Waals surface area contributed by atoms with Crippen LogP contribution in [0, 0.1) is 0 Å². The van der Waals surface area contributed by atoms with Crippen molar-refractivity contribution in [1.29, 1.82) is 0 Å². The monoisotopic (exact) mass is 486 g/mol. The van der Waals surface area contributed by atoms with Crippen LogP contribution >= 0.6 is 11.8 Å². The van der Waals surface area contributed by atoms with E-state index in [0.717, 1.165) is 39.2 Å². The normalized spacial score (nSPS) is 14.2. The summed E-state index contributed by atoms with van der Waals surface area (Å²) in [6, 6.07) is 18.2. The van der Waals surface area contributed by atoms with Crippen LogP contribution in [-0.2, 0) is 22.6 Å². The van der Waals surface area contributed by atoms with Crippen molar-refractivity contribution in [3.8, 4) is 11.5 Å². The lowest BCUT2D eigenvalue weighted by Gasteiger charge is -2.17. The van der Waals surface area contributed by atoms with Gasteiger partial charge in [-0.15, -0.1) is 6.58 Å². The van der Waals surface area contributed by atoms with E-state index in [2.05, 4.69) is 41.2 Å². The minimum absolute atomic E-state index is 0.273. The van der Waals surface area contributed by atoms with Crippen LogP contribution < -0.4 is 14.8 Å². The van der Waals surface area contributed by atoms with Crippen LogP contribution in [0.4, 0.5) is 0 Å². The second kappa shape index (κ2) is 11.1. The van der Waals surface area contributed by atoms with E-state index in [9.17, 15) is 9.59 Å². The second-order valence-corrected chi connectivity index (χ2v) is 8.90. The molecule has 0 radical (unpaired) electrons. The highest BCUT2D eigenvalue weighted by Crippen LogP contribution is 2.37. The van der Waals surface area contributed by atoms with E-state index < -0.39 is 5.91 Å². The predicted octanol–water partition coefficient (Wildman–Crippen LogP) is 5.65. The molecular weight excluding hydrogens is 460 g/mol. The number of carbonyl (C=O) groups is 2. The molecule has 0 aliphatic carbocycles. The molecule has 6 nitrogen and oxygen atoms in total. The maximum atomic E-state index is 12.3. The third-order valence-corrected chi connectivity index (χ3v) is 6.17. The molecule has 1 heterocycles. The molecule has 3 aromatic rings. The van der Waals surface area contributed by atoms with Gasteiger partial charge in [-0.2, -0.15) is 4.99 Å². The van der Waals surface area contributed by atoms with Gasteiger partial charge >= 0.3 is 0 Å². The molecule has 0 bridgehead atoms. The highest BCUT2D eigenvalue weighted by molar-refractivity contribution is 8.18. The number of amidine groups is 1. The van der Waals surface area contributed by atoms with E-state index in [-0.39, 0.29) is 11.1 Å². The van der Waals surface area contributed by atoms with Crippen molar-refractivity contribution >= 4 is 45.6 Å². The number of hydrogen-bond donors (Lipinski definition) is 1. The molecule has 178 valence electrons. The second-order valence-electron chi connectivity index (χ2n) is 7.87. The minimum atomic E-state index is -0.390. The highest BCUT2D eigenvalue weighted by atomic mass is 32.2. The van der Waals surface area contributed by atoms with E-state index >= 15 is 0 Å². The van der Waals surface area contributed by atoms with Crippen molar-refractivity contribution in [2.24, 2.45) is 4.99 Å². The Bertz CT molecular complexity index is 1360. The number of amides is 2. The van der Waals surface area contributed by atoms with E-state index in [1.807, 2.05) is 37.3 Å². The molecule has 2 amide bonds. The van der Waals surface area contributed by atoms with Gasteiger partial charge in [-0.05, 0) is 65.2 Å². The van der Waals surface area contributed by atoms with E-state index in [1.165, 1.54) is 6.92 Å². The van der Waals surface area contributed by atoms with Crippen LogP contribution in [0.15, 0.2) is 77.1 Å². The standard InChI is InChI=1S/C28H26N2O4S/c1-4-9-21-14-19(16-25-27(32)30-28(35-25)29-18(3)31)15-24(33-5-2)26(21)34-17-22-12-8-11-20-10-6-7-13-23(20)22/h4,6-8,10-16H,1,5,9,17H2,2-3H3,(H,29,30,31,32)/b25-16+. The fourth-order valence-electron chi connectivity index (χ4n) is 3.83. The Morgan fingerprint density at radius 1 is 1.11 bits per heavy atom. The summed E-state index contributed by atoms with van der Waals surface area (Å²) in [5, 5.41) is 5.14. The van der Waals surface area contributed by atoms with Gasteiger partial charge in [0.15, 0.2) is 16.7 Å². The quantitative estimate of drug-likeness (QED) is 0.329. The van der Waals surface area contributed by atoms with Crippen LogP contribution in [0.2, 0.25) is 0 Å². The summed E-state index contributed by atoms with van der Waals surface area (Å²) in [4.78, 5) is 27.9. The first-order valence-electron chi connectivity index (χ1n) is 11.3. The number of ether oxygens (including phenoxy) is 2. The third-order valence-electron chi connectivity index (χ3n) is 5.27. The zero-order valence-corrected chi connectivity index (χ0v) is 20.5. The number of fused-ring (bicyclic) bond motifs is 1. The lowest BCUT2D eigenvalue weighted by atomic mass is 10.0. The topological polar surface area (TPSA) is 77.0 Å². The largest absolute Gasteiger partial charge is 0.490 e. The van der Waals surface area contributed by atoms with Crippen LogP contribution in [0.1, 0.15) is 30.5 Å². The fraction of sp³-hybridized carbons (Fsp3) is 0.179. The number of rotatable bonds is 8. The van der Waals surface area contributed by atoms with Crippen LogP contribution in [0.5, 0.6) is 11.5 Å². The molecule has 0 fully saturated rings. The smallest absolute Gasteiger partial charge is 0.286 e. The average Bonchev–Trinajstić information content (AvgIpc) is 3.16. The number of aliphatic imine (C=N–C) groups is 1. The minimum Gasteiger partial charge on any atom is -0.490 e.